The predicted octanol–water partition coefficient (Wildman–Crippen LogP) is 5.46. The molecule has 0 aliphatic carbocycles. The Kier molecular flexibility index (Phi) is 5.12. The first-order valence-corrected chi connectivity index (χ1v) is 8.45. The molecule has 146 valence electrons. The molecule has 10 heteroatoms. The van der Waals surface area contributed by atoms with E-state index < -0.39 is 23.0 Å². The van der Waals surface area contributed by atoms with E-state index in [1.807, 2.05) is 0 Å². The zero-order valence-electron chi connectivity index (χ0n) is 13.7. The van der Waals surface area contributed by atoms with Crippen LogP contribution >= 0.6 is 23.2 Å². The van der Waals surface area contributed by atoms with Crippen molar-refractivity contribution in [1.82, 2.24) is 4.98 Å². The number of hydrogen-bond acceptors (Lipinski definition) is 2. The van der Waals surface area contributed by atoms with Crippen molar-refractivity contribution in [2.45, 2.75) is 11.3 Å². The lowest BCUT2D eigenvalue weighted by Gasteiger charge is -2.20. The summed E-state index contributed by atoms with van der Waals surface area (Å²) in [6.07, 6.45) is 0. The second kappa shape index (κ2) is 7.10. The van der Waals surface area contributed by atoms with E-state index in [0.717, 1.165) is 0 Å². The second-order valence-electron chi connectivity index (χ2n) is 5.79. The van der Waals surface area contributed by atoms with Crippen LogP contribution in [0.1, 0.15) is 16.1 Å². The number of nitrogens with one attached hydrogen (secondary N) is 2. The number of amides is 1. The van der Waals surface area contributed by atoms with E-state index in [2.05, 4.69) is 16.6 Å². The molecule has 1 amide bonds. The van der Waals surface area contributed by atoms with Crippen LogP contribution in [0.3, 0.4) is 0 Å². The normalized spacial score (nSPS) is 12.2. The first-order valence-electron chi connectivity index (χ1n) is 7.69. The minimum Gasteiger partial charge on any atom is -0.350 e. The van der Waals surface area contributed by atoms with Crippen molar-refractivity contribution >= 4 is 51.5 Å². The largest absolute Gasteiger partial charge is 0.401 e. The number of aromatic nitrogens is 1. The van der Waals surface area contributed by atoms with E-state index in [4.69, 9.17) is 11.6 Å². The van der Waals surface area contributed by atoms with E-state index in [1.165, 1.54) is 30.3 Å². The van der Waals surface area contributed by atoms with Crippen LogP contribution in [0, 0.1) is 0 Å². The van der Waals surface area contributed by atoms with Gasteiger partial charge in [-0.1, -0.05) is 41.9 Å². The molecule has 0 saturated carbocycles. The average molecular weight is 433 g/mol. The topological polar surface area (TPSA) is 62.0 Å². The molecule has 0 radical (unpaired) electrons. The van der Waals surface area contributed by atoms with Crippen LogP contribution in [0.2, 0.25) is 5.02 Å². The van der Waals surface area contributed by atoms with E-state index in [0.29, 0.717) is 0 Å². The Balaban J connectivity index is 2.12. The number of carbonyl (C=O) groups excluding carboxylic acids is 2. The number of ketones is 1. The summed E-state index contributed by atoms with van der Waals surface area (Å²) >= 11 is 10.2. The van der Waals surface area contributed by atoms with Crippen LogP contribution in [0.25, 0.3) is 10.9 Å². The molecule has 0 unspecified atom stereocenters. The lowest BCUT2D eigenvalue weighted by atomic mass is 10.1. The molecular weight excluding hydrogens is 423 g/mol. The number of rotatable bonds is 5. The Hall–Kier alpha value is -2.58. The Morgan fingerprint density at radius 3 is 2.25 bits per heavy atom. The summed E-state index contributed by atoms with van der Waals surface area (Å²) in [5.74, 6) is -8.22. The van der Waals surface area contributed by atoms with E-state index in [1.54, 1.807) is 23.5 Å². The minimum absolute atomic E-state index is 0.130. The molecule has 28 heavy (non-hydrogen) atoms. The maximum Gasteiger partial charge on any atom is 0.401 e. The smallest absolute Gasteiger partial charge is 0.350 e. The molecule has 0 spiro atoms. The number of hydrogen-bond donors (Lipinski definition) is 2. The molecule has 0 atom stereocenters. The van der Waals surface area contributed by atoms with Gasteiger partial charge < -0.3 is 10.3 Å². The molecule has 0 aliphatic heterocycles. The van der Waals surface area contributed by atoms with E-state index in [9.17, 15) is 27.2 Å². The monoisotopic (exact) mass is 432 g/mol. The van der Waals surface area contributed by atoms with Crippen molar-refractivity contribution in [1.29, 1.82) is 0 Å². The third-order valence-electron chi connectivity index (χ3n) is 3.90. The maximum absolute atomic E-state index is 13.6. The van der Waals surface area contributed by atoms with E-state index in [-0.39, 0.29) is 32.9 Å². The molecule has 4 nitrogen and oxygen atoms in total. The number of halogens is 6. The second-order valence-corrected chi connectivity index (χ2v) is 6.70. The van der Waals surface area contributed by atoms with Crippen LogP contribution in [-0.4, -0.2) is 28.0 Å². The van der Waals surface area contributed by atoms with Gasteiger partial charge in [0, 0.05) is 21.5 Å². The fourth-order valence-electron chi connectivity index (χ4n) is 2.52. The molecule has 0 aliphatic rings. The molecule has 3 aromatic rings. The van der Waals surface area contributed by atoms with Gasteiger partial charge in [-0.2, -0.15) is 17.6 Å². The predicted molar refractivity (Wildman–Crippen MR) is 97.6 cm³/mol. The van der Waals surface area contributed by atoms with Gasteiger partial charge >= 0.3 is 17.2 Å². The maximum atomic E-state index is 13.6. The van der Waals surface area contributed by atoms with Gasteiger partial charge in [-0.3, -0.25) is 9.59 Å². The number of H-pyrrole nitrogens is 1. The number of carbonyl (C=O) groups is 2. The standard InChI is InChI=1S/C18H10Cl2F4N2O2/c19-10-6-7-11-12(8-10)25-14(15(27)9-4-2-1-3-5-9)13(11)26-16(28)17(21,22)18(20,23)24/h1-8,25H,(H,26,28). The van der Waals surface area contributed by atoms with Crippen molar-refractivity contribution in [2.24, 2.45) is 0 Å². The van der Waals surface area contributed by atoms with E-state index >= 15 is 0 Å². The summed E-state index contributed by atoms with van der Waals surface area (Å²) in [6.45, 7) is 0. The van der Waals surface area contributed by atoms with Crippen molar-refractivity contribution in [2.75, 3.05) is 5.32 Å². The van der Waals surface area contributed by atoms with Gasteiger partial charge in [0.2, 0.25) is 5.78 Å². The number of alkyl halides is 5. The van der Waals surface area contributed by atoms with Gasteiger partial charge in [-0.15, -0.1) is 0 Å². The van der Waals surface area contributed by atoms with Crippen molar-refractivity contribution in [3.8, 4) is 0 Å². The van der Waals surface area contributed by atoms with Crippen molar-refractivity contribution in [3.05, 3.63) is 64.8 Å². The highest BCUT2D eigenvalue weighted by Crippen LogP contribution is 2.40. The van der Waals surface area contributed by atoms with Gasteiger partial charge in [-0.05, 0) is 29.8 Å². The highest BCUT2D eigenvalue weighted by Gasteiger charge is 2.61. The lowest BCUT2D eigenvalue weighted by molar-refractivity contribution is -0.175. The summed E-state index contributed by atoms with van der Waals surface area (Å²) < 4.78 is 53.1. The zero-order chi connectivity index (χ0) is 20.7. The third kappa shape index (κ3) is 3.57. The summed E-state index contributed by atoms with van der Waals surface area (Å²) in [5.41, 5.74) is -0.232. The summed E-state index contributed by atoms with van der Waals surface area (Å²) in [7, 11) is 0. The van der Waals surface area contributed by atoms with Crippen LogP contribution < -0.4 is 5.32 Å². The third-order valence-corrected chi connectivity index (χ3v) is 4.38. The first-order chi connectivity index (χ1) is 13.0. The summed E-state index contributed by atoms with van der Waals surface area (Å²) in [6, 6.07) is 11.9. The highest BCUT2D eigenvalue weighted by molar-refractivity contribution is 6.31. The minimum atomic E-state index is -5.21. The summed E-state index contributed by atoms with van der Waals surface area (Å²) in [5, 5.41) is -3.02. The van der Waals surface area contributed by atoms with Crippen LogP contribution in [0.5, 0.6) is 0 Å². The Bertz CT molecular complexity index is 1060. The van der Waals surface area contributed by atoms with Crippen LogP contribution in [0.15, 0.2) is 48.5 Å². The quantitative estimate of drug-likeness (QED) is 0.319. The van der Waals surface area contributed by atoms with Gasteiger partial charge in [-0.25, -0.2) is 0 Å². The van der Waals surface area contributed by atoms with Crippen molar-refractivity contribution < 1.29 is 27.2 Å². The van der Waals surface area contributed by atoms with Gasteiger partial charge in [0.25, 0.3) is 0 Å². The number of fused-ring (bicyclic) bond motifs is 1. The zero-order valence-corrected chi connectivity index (χ0v) is 15.2. The molecule has 0 bridgehead atoms. The van der Waals surface area contributed by atoms with Gasteiger partial charge in [0.05, 0.1) is 5.69 Å². The number of aromatic amines is 1. The van der Waals surface area contributed by atoms with Gasteiger partial charge in [0.1, 0.15) is 5.69 Å². The fraction of sp³-hybridized carbons (Fsp3) is 0.111. The molecule has 2 aromatic carbocycles. The molecule has 0 fully saturated rings. The number of benzene rings is 2. The highest BCUT2D eigenvalue weighted by atomic mass is 35.5. The molecular formula is C18H10Cl2F4N2O2. The van der Waals surface area contributed by atoms with Crippen molar-refractivity contribution in [3.63, 3.8) is 0 Å². The molecule has 1 heterocycles. The first kappa shape index (κ1) is 20.2. The molecule has 0 saturated heterocycles. The van der Waals surface area contributed by atoms with Crippen LogP contribution in [-0.2, 0) is 4.79 Å². The Labute approximate surface area is 165 Å². The SMILES string of the molecule is O=C(c1ccccc1)c1[nH]c2cc(Cl)ccc2c1NC(=O)C(F)(F)C(F)(F)Cl. The summed E-state index contributed by atoms with van der Waals surface area (Å²) in [4.78, 5) is 27.3. The Morgan fingerprint density at radius 1 is 1.00 bits per heavy atom. The van der Waals surface area contributed by atoms with Gasteiger partial charge in [0.15, 0.2) is 0 Å². The Morgan fingerprint density at radius 2 is 1.64 bits per heavy atom. The molecule has 3 rings (SSSR count). The number of anilines is 1. The van der Waals surface area contributed by atoms with Crippen LogP contribution in [0.4, 0.5) is 23.2 Å². The average Bonchev–Trinajstić information content (AvgIpc) is 2.98. The lowest BCUT2D eigenvalue weighted by Crippen LogP contribution is -2.46. The fourth-order valence-corrected chi connectivity index (χ4v) is 2.78. The molecule has 2 N–H and O–H groups in total. The molecule has 1 aromatic heterocycles.